The van der Waals surface area contributed by atoms with Crippen LogP contribution < -0.4 is 5.32 Å². The van der Waals surface area contributed by atoms with Gasteiger partial charge in [0.2, 0.25) is 0 Å². The van der Waals surface area contributed by atoms with Gasteiger partial charge in [-0.05, 0) is 44.2 Å². The minimum Gasteiger partial charge on any atom is -0.452 e. The number of ether oxygens (including phenoxy) is 1. The molecule has 1 N–H and O–H groups in total. The van der Waals surface area contributed by atoms with Crippen molar-refractivity contribution >= 4 is 34.9 Å². The van der Waals surface area contributed by atoms with Gasteiger partial charge in [-0.2, -0.15) is 5.10 Å². The summed E-state index contributed by atoms with van der Waals surface area (Å²) in [5, 5.41) is 7.43. The van der Waals surface area contributed by atoms with Gasteiger partial charge in [0.1, 0.15) is 5.56 Å². The molecule has 0 aliphatic rings. The summed E-state index contributed by atoms with van der Waals surface area (Å²) in [7, 11) is 0. The van der Waals surface area contributed by atoms with Crippen molar-refractivity contribution in [2.45, 2.75) is 13.8 Å². The van der Waals surface area contributed by atoms with Crippen molar-refractivity contribution in [3.63, 3.8) is 0 Å². The summed E-state index contributed by atoms with van der Waals surface area (Å²) in [5.41, 5.74) is 3.17. The van der Waals surface area contributed by atoms with Gasteiger partial charge in [0.05, 0.1) is 22.8 Å². The van der Waals surface area contributed by atoms with Crippen molar-refractivity contribution in [2.24, 2.45) is 0 Å². The maximum Gasteiger partial charge on any atom is 0.342 e. The largest absolute Gasteiger partial charge is 0.452 e. The van der Waals surface area contributed by atoms with Crippen molar-refractivity contribution < 1.29 is 19.1 Å². The SMILES string of the molecule is Cc1nn(-c2ccccc2)c(C)c1C(=O)OCC(=O)Nc1ccc(Cl)cc1C(=O)c1ccccc1. The Balaban J connectivity index is 1.47. The predicted octanol–water partition coefficient (Wildman–Crippen LogP) is 5.17. The van der Waals surface area contributed by atoms with Gasteiger partial charge in [0.15, 0.2) is 12.4 Å². The molecule has 0 bridgehead atoms. The number of hydrogen-bond donors (Lipinski definition) is 1. The van der Waals surface area contributed by atoms with Crippen LogP contribution in [0.15, 0.2) is 78.9 Å². The molecule has 1 amide bonds. The van der Waals surface area contributed by atoms with Crippen molar-refractivity contribution in [1.29, 1.82) is 0 Å². The second kappa shape index (κ2) is 10.4. The molecule has 0 fully saturated rings. The van der Waals surface area contributed by atoms with E-state index >= 15 is 0 Å². The Labute approximate surface area is 207 Å². The van der Waals surface area contributed by atoms with Gasteiger partial charge in [-0.15, -0.1) is 0 Å². The highest BCUT2D eigenvalue weighted by Crippen LogP contribution is 2.24. The number of aromatic nitrogens is 2. The van der Waals surface area contributed by atoms with E-state index in [9.17, 15) is 14.4 Å². The third-order valence-electron chi connectivity index (χ3n) is 5.37. The summed E-state index contributed by atoms with van der Waals surface area (Å²) in [6, 6.07) is 22.7. The Morgan fingerprint density at radius 3 is 2.29 bits per heavy atom. The molecule has 4 aromatic rings. The van der Waals surface area contributed by atoms with E-state index in [1.165, 1.54) is 12.1 Å². The smallest absolute Gasteiger partial charge is 0.342 e. The van der Waals surface area contributed by atoms with E-state index in [0.29, 0.717) is 27.5 Å². The first kappa shape index (κ1) is 23.9. The number of para-hydroxylation sites is 1. The maximum atomic E-state index is 12.9. The fraction of sp³-hybridized carbons (Fsp3) is 0.111. The quantitative estimate of drug-likeness (QED) is 0.287. The first-order valence-electron chi connectivity index (χ1n) is 10.8. The molecule has 0 spiro atoms. The molecule has 0 atom stereocenters. The zero-order valence-electron chi connectivity index (χ0n) is 19.1. The fourth-order valence-electron chi connectivity index (χ4n) is 3.71. The average molecular weight is 488 g/mol. The number of carbonyl (C=O) groups excluding carboxylic acids is 3. The minimum atomic E-state index is -0.658. The molecule has 7 nitrogen and oxygen atoms in total. The third kappa shape index (κ3) is 5.31. The van der Waals surface area contributed by atoms with Crippen LogP contribution in [-0.4, -0.2) is 34.0 Å². The molecule has 0 unspecified atom stereocenters. The van der Waals surface area contributed by atoms with Gasteiger partial charge in [0, 0.05) is 16.1 Å². The molecule has 0 saturated heterocycles. The monoisotopic (exact) mass is 487 g/mol. The molecular weight excluding hydrogens is 466 g/mol. The summed E-state index contributed by atoms with van der Waals surface area (Å²) in [4.78, 5) is 38.3. The van der Waals surface area contributed by atoms with E-state index < -0.39 is 18.5 Å². The number of nitrogens with one attached hydrogen (secondary N) is 1. The molecule has 0 saturated carbocycles. The highest BCUT2D eigenvalue weighted by Gasteiger charge is 2.22. The van der Waals surface area contributed by atoms with E-state index in [0.717, 1.165) is 5.69 Å². The number of rotatable bonds is 7. The van der Waals surface area contributed by atoms with Crippen LogP contribution in [0, 0.1) is 13.8 Å². The van der Waals surface area contributed by atoms with Gasteiger partial charge in [-0.3, -0.25) is 9.59 Å². The Kier molecular flexibility index (Phi) is 7.08. The summed E-state index contributed by atoms with van der Waals surface area (Å²) in [6.07, 6.45) is 0. The third-order valence-corrected chi connectivity index (χ3v) is 5.60. The number of hydrogen-bond acceptors (Lipinski definition) is 5. The molecule has 1 heterocycles. The number of aryl methyl sites for hydroxylation is 1. The lowest BCUT2D eigenvalue weighted by Gasteiger charge is -2.12. The summed E-state index contributed by atoms with van der Waals surface area (Å²) in [5.74, 6) is -1.54. The van der Waals surface area contributed by atoms with Crippen LogP contribution in [0.2, 0.25) is 5.02 Å². The molecule has 4 rings (SSSR count). The summed E-state index contributed by atoms with van der Waals surface area (Å²) < 4.78 is 6.92. The number of esters is 1. The van der Waals surface area contributed by atoms with Crippen LogP contribution in [-0.2, 0) is 9.53 Å². The van der Waals surface area contributed by atoms with Crippen LogP contribution in [0.25, 0.3) is 5.69 Å². The van der Waals surface area contributed by atoms with E-state index in [2.05, 4.69) is 10.4 Å². The van der Waals surface area contributed by atoms with Crippen molar-refractivity contribution in [1.82, 2.24) is 9.78 Å². The number of ketones is 1. The van der Waals surface area contributed by atoms with E-state index in [-0.39, 0.29) is 17.0 Å². The Morgan fingerprint density at radius 1 is 0.943 bits per heavy atom. The molecular formula is C27H22ClN3O4. The van der Waals surface area contributed by atoms with E-state index in [4.69, 9.17) is 16.3 Å². The lowest BCUT2D eigenvalue weighted by atomic mass is 10.0. The second-order valence-corrected chi connectivity index (χ2v) is 8.24. The molecule has 8 heteroatoms. The molecule has 0 aliphatic heterocycles. The van der Waals surface area contributed by atoms with Crippen LogP contribution >= 0.6 is 11.6 Å². The Hall–Kier alpha value is -4.23. The van der Waals surface area contributed by atoms with E-state index in [1.54, 1.807) is 54.9 Å². The first-order chi connectivity index (χ1) is 16.8. The number of benzene rings is 3. The summed E-state index contributed by atoms with van der Waals surface area (Å²) in [6.45, 7) is 2.94. The lowest BCUT2D eigenvalue weighted by molar-refractivity contribution is -0.119. The number of nitrogens with zero attached hydrogens (tertiary/aromatic N) is 2. The Morgan fingerprint density at radius 2 is 1.60 bits per heavy atom. The molecule has 3 aromatic carbocycles. The predicted molar refractivity (Wildman–Crippen MR) is 133 cm³/mol. The van der Waals surface area contributed by atoms with E-state index in [1.807, 2.05) is 30.3 Å². The number of carbonyl (C=O) groups is 3. The minimum absolute atomic E-state index is 0.235. The van der Waals surface area contributed by atoms with Crippen molar-refractivity contribution in [3.05, 3.63) is 112 Å². The highest BCUT2D eigenvalue weighted by atomic mass is 35.5. The topological polar surface area (TPSA) is 90.3 Å². The first-order valence-corrected chi connectivity index (χ1v) is 11.2. The fourth-order valence-corrected chi connectivity index (χ4v) is 3.88. The standard InChI is InChI=1S/C27H22ClN3O4/c1-17-25(18(2)31(30-17)21-11-7-4-8-12-21)27(34)35-16-24(32)29-23-14-13-20(28)15-22(23)26(33)19-9-5-3-6-10-19/h3-15H,16H2,1-2H3,(H,29,32). The van der Waals surface area contributed by atoms with Gasteiger partial charge in [0.25, 0.3) is 5.91 Å². The molecule has 0 aliphatic carbocycles. The molecule has 176 valence electrons. The van der Waals surface area contributed by atoms with Gasteiger partial charge < -0.3 is 10.1 Å². The second-order valence-electron chi connectivity index (χ2n) is 7.80. The average Bonchev–Trinajstić information content (AvgIpc) is 3.18. The van der Waals surface area contributed by atoms with Crippen LogP contribution in [0.5, 0.6) is 0 Å². The number of anilines is 1. The van der Waals surface area contributed by atoms with Gasteiger partial charge in [-0.1, -0.05) is 60.1 Å². The van der Waals surface area contributed by atoms with Crippen LogP contribution in [0.1, 0.15) is 37.7 Å². The Bertz CT molecular complexity index is 1400. The zero-order chi connectivity index (χ0) is 24.9. The van der Waals surface area contributed by atoms with Crippen LogP contribution in [0.3, 0.4) is 0 Å². The normalized spacial score (nSPS) is 10.6. The van der Waals surface area contributed by atoms with Gasteiger partial charge >= 0.3 is 5.97 Å². The molecule has 35 heavy (non-hydrogen) atoms. The van der Waals surface area contributed by atoms with Crippen LogP contribution in [0.4, 0.5) is 5.69 Å². The van der Waals surface area contributed by atoms with Crippen molar-refractivity contribution in [3.8, 4) is 5.69 Å². The zero-order valence-corrected chi connectivity index (χ0v) is 19.9. The number of amides is 1. The highest BCUT2D eigenvalue weighted by molar-refractivity contribution is 6.31. The number of halogens is 1. The molecule has 0 radical (unpaired) electrons. The van der Waals surface area contributed by atoms with Crippen molar-refractivity contribution in [2.75, 3.05) is 11.9 Å². The molecule has 1 aromatic heterocycles. The maximum absolute atomic E-state index is 12.9. The lowest BCUT2D eigenvalue weighted by Crippen LogP contribution is -2.22. The summed E-state index contributed by atoms with van der Waals surface area (Å²) >= 11 is 6.09. The van der Waals surface area contributed by atoms with Gasteiger partial charge in [-0.25, -0.2) is 9.48 Å².